The molecule has 0 unspecified atom stereocenters. The number of hydrogen-bond donors (Lipinski definition) is 2. The van der Waals surface area contributed by atoms with Crippen molar-refractivity contribution < 1.29 is 9.53 Å². The highest BCUT2D eigenvalue weighted by Crippen LogP contribution is 2.08. The van der Waals surface area contributed by atoms with Gasteiger partial charge in [-0.1, -0.05) is 18.2 Å². The number of nitrogens with zero attached hydrogens (tertiary/aromatic N) is 1. The summed E-state index contributed by atoms with van der Waals surface area (Å²) in [7, 11) is 3.69. The van der Waals surface area contributed by atoms with Gasteiger partial charge in [-0.25, -0.2) is 0 Å². The Balaban J connectivity index is 2.43. The highest BCUT2D eigenvalue weighted by atomic mass is 16.5. The van der Waals surface area contributed by atoms with Crippen LogP contribution in [0.25, 0.3) is 0 Å². The van der Waals surface area contributed by atoms with E-state index in [0.29, 0.717) is 19.7 Å². The van der Waals surface area contributed by atoms with Gasteiger partial charge >= 0.3 is 0 Å². The first-order chi connectivity index (χ1) is 9.69. The van der Waals surface area contributed by atoms with E-state index in [-0.39, 0.29) is 5.91 Å². The van der Waals surface area contributed by atoms with Crippen LogP contribution in [0.4, 0.5) is 0 Å². The minimum atomic E-state index is -0.0332. The van der Waals surface area contributed by atoms with Crippen LogP contribution in [0.3, 0.4) is 0 Å². The molecule has 0 saturated heterocycles. The van der Waals surface area contributed by atoms with Crippen LogP contribution in [0.2, 0.25) is 0 Å². The summed E-state index contributed by atoms with van der Waals surface area (Å²) in [5, 5.41) is 2.94. The number of rotatable bonds is 9. The second kappa shape index (κ2) is 9.47. The van der Waals surface area contributed by atoms with Crippen LogP contribution < -0.4 is 11.1 Å². The minimum absolute atomic E-state index is 0.0332. The Morgan fingerprint density at radius 1 is 1.35 bits per heavy atom. The molecule has 112 valence electrons. The van der Waals surface area contributed by atoms with Crippen molar-refractivity contribution in [3.05, 3.63) is 35.4 Å². The van der Waals surface area contributed by atoms with Crippen LogP contribution in [0, 0.1) is 0 Å². The molecule has 5 nitrogen and oxygen atoms in total. The van der Waals surface area contributed by atoms with E-state index in [1.807, 2.05) is 31.3 Å². The predicted octanol–water partition coefficient (Wildman–Crippen LogP) is 0.496. The molecule has 20 heavy (non-hydrogen) atoms. The lowest BCUT2D eigenvalue weighted by molar-refractivity contribution is 0.0946. The van der Waals surface area contributed by atoms with Gasteiger partial charge in [-0.3, -0.25) is 4.79 Å². The van der Waals surface area contributed by atoms with Crippen LogP contribution in [0.15, 0.2) is 24.3 Å². The maximum absolute atomic E-state index is 12.1. The van der Waals surface area contributed by atoms with E-state index in [9.17, 15) is 4.79 Å². The maximum Gasteiger partial charge on any atom is 0.251 e. The van der Waals surface area contributed by atoms with Crippen molar-refractivity contribution in [2.24, 2.45) is 5.73 Å². The zero-order chi connectivity index (χ0) is 14.8. The summed E-state index contributed by atoms with van der Waals surface area (Å²) < 4.78 is 5.01. The van der Waals surface area contributed by atoms with Crippen molar-refractivity contribution in [1.29, 1.82) is 0 Å². The standard InChI is InChI=1S/C15H25N3O2/c1-18(11-12-20-2)10-9-17-15(19)14-6-4-3-5-13(14)7-8-16/h3-6H,7-12,16H2,1-2H3,(H,17,19). The van der Waals surface area contributed by atoms with Crippen LogP contribution in [-0.2, 0) is 11.2 Å². The zero-order valence-electron chi connectivity index (χ0n) is 12.4. The van der Waals surface area contributed by atoms with E-state index < -0.39 is 0 Å². The van der Waals surface area contributed by atoms with Crippen molar-refractivity contribution in [3.63, 3.8) is 0 Å². The van der Waals surface area contributed by atoms with E-state index in [1.54, 1.807) is 7.11 Å². The fraction of sp³-hybridized carbons (Fsp3) is 0.533. The molecule has 0 saturated carbocycles. The van der Waals surface area contributed by atoms with Crippen LogP contribution >= 0.6 is 0 Å². The number of carbonyl (C=O) groups excluding carboxylic acids is 1. The summed E-state index contributed by atoms with van der Waals surface area (Å²) in [6.45, 7) is 3.52. The van der Waals surface area contributed by atoms with Gasteiger partial charge in [-0.05, 0) is 31.6 Å². The van der Waals surface area contributed by atoms with Gasteiger partial charge in [0, 0.05) is 32.3 Å². The van der Waals surface area contributed by atoms with Crippen molar-refractivity contribution in [2.75, 3.05) is 46.9 Å². The van der Waals surface area contributed by atoms with Gasteiger partial charge in [-0.15, -0.1) is 0 Å². The number of benzene rings is 1. The lowest BCUT2D eigenvalue weighted by atomic mass is 10.0. The molecule has 1 rings (SSSR count). The van der Waals surface area contributed by atoms with E-state index in [1.165, 1.54) is 0 Å². The van der Waals surface area contributed by atoms with Gasteiger partial charge in [0.2, 0.25) is 0 Å². The Morgan fingerprint density at radius 3 is 2.80 bits per heavy atom. The molecule has 5 heteroatoms. The van der Waals surface area contributed by atoms with Gasteiger partial charge in [0.15, 0.2) is 0 Å². The molecular weight excluding hydrogens is 254 g/mol. The first-order valence-electron chi connectivity index (χ1n) is 6.92. The molecular formula is C15H25N3O2. The largest absolute Gasteiger partial charge is 0.383 e. The molecule has 0 heterocycles. The summed E-state index contributed by atoms with van der Waals surface area (Å²) in [6.07, 6.45) is 0.720. The highest BCUT2D eigenvalue weighted by Gasteiger charge is 2.09. The maximum atomic E-state index is 12.1. The quantitative estimate of drug-likeness (QED) is 0.690. The van der Waals surface area contributed by atoms with E-state index in [2.05, 4.69) is 10.2 Å². The zero-order valence-corrected chi connectivity index (χ0v) is 12.4. The SMILES string of the molecule is COCCN(C)CCNC(=O)c1ccccc1CCN. The molecule has 0 aromatic heterocycles. The summed E-state index contributed by atoms with van der Waals surface area (Å²) in [5.41, 5.74) is 7.29. The van der Waals surface area contributed by atoms with Crippen LogP contribution in [-0.4, -0.2) is 57.8 Å². The first kappa shape index (κ1) is 16.6. The molecule has 3 N–H and O–H groups in total. The minimum Gasteiger partial charge on any atom is -0.383 e. The monoisotopic (exact) mass is 279 g/mol. The molecule has 0 spiro atoms. The molecule has 0 fully saturated rings. The highest BCUT2D eigenvalue weighted by molar-refractivity contribution is 5.95. The number of carbonyl (C=O) groups is 1. The van der Waals surface area contributed by atoms with E-state index in [4.69, 9.17) is 10.5 Å². The smallest absolute Gasteiger partial charge is 0.251 e. The molecule has 0 atom stereocenters. The van der Waals surface area contributed by atoms with Gasteiger partial charge < -0.3 is 20.7 Å². The first-order valence-corrected chi connectivity index (χ1v) is 6.92. The van der Waals surface area contributed by atoms with Crippen molar-refractivity contribution in [2.45, 2.75) is 6.42 Å². The second-order valence-electron chi connectivity index (χ2n) is 4.75. The van der Waals surface area contributed by atoms with E-state index >= 15 is 0 Å². The molecule has 0 radical (unpaired) electrons. The van der Waals surface area contributed by atoms with Crippen LogP contribution in [0.5, 0.6) is 0 Å². The molecule has 1 aromatic rings. The van der Waals surface area contributed by atoms with Crippen molar-refractivity contribution >= 4 is 5.91 Å². The van der Waals surface area contributed by atoms with Gasteiger partial charge in [0.25, 0.3) is 5.91 Å². The number of nitrogens with two attached hydrogens (primary N) is 1. The third-order valence-electron chi connectivity index (χ3n) is 3.13. The molecule has 0 aliphatic rings. The number of hydrogen-bond acceptors (Lipinski definition) is 4. The fourth-order valence-corrected chi connectivity index (χ4v) is 1.93. The number of nitrogens with one attached hydrogen (secondary N) is 1. The number of ether oxygens (including phenoxy) is 1. The third-order valence-corrected chi connectivity index (χ3v) is 3.13. The number of amides is 1. The lowest BCUT2D eigenvalue weighted by Crippen LogP contribution is -2.34. The average molecular weight is 279 g/mol. The summed E-state index contributed by atoms with van der Waals surface area (Å²) in [5.74, 6) is -0.0332. The second-order valence-corrected chi connectivity index (χ2v) is 4.75. The van der Waals surface area contributed by atoms with Gasteiger partial charge in [0.1, 0.15) is 0 Å². The molecule has 1 amide bonds. The molecule has 0 aliphatic carbocycles. The predicted molar refractivity (Wildman–Crippen MR) is 80.9 cm³/mol. The Kier molecular flexibility index (Phi) is 7.87. The fourth-order valence-electron chi connectivity index (χ4n) is 1.93. The summed E-state index contributed by atoms with van der Waals surface area (Å²) in [6, 6.07) is 7.60. The lowest BCUT2D eigenvalue weighted by Gasteiger charge is -2.16. The summed E-state index contributed by atoms with van der Waals surface area (Å²) >= 11 is 0. The van der Waals surface area contributed by atoms with Crippen molar-refractivity contribution in [1.82, 2.24) is 10.2 Å². The Bertz CT molecular complexity index is 410. The normalized spacial score (nSPS) is 10.8. The van der Waals surface area contributed by atoms with Crippen molar-refractivity contribution in [3.8, 4) is 0 Å². The Hall–Kier alpha value is -1.43. The number of likely N-dealkylation sites (N-methyl/N-ethyl adjacent to an activating group) is 1. The average Bonchev–Trinajstić information content (AvgIpc) is 2.46. The number of methoxy groups -OCH3 is 1. The molecule has 0 bridgehead atoms. The Morgan fingerprint density at radius 2 is 2.10 bits per heavy atom. The Labute approximate surface area is 121 Å². The topological polar surface area (TPSA) is 67.6 Å². The van der Waals surface area contributed by atoms with Gasteiger partial charge in [-0.2, -0.15) is 0 Å². The third kappa shape index (κ3) is 5.69. The summed E-state index contributed by atoms with van der Waals surface area (Å²) in [4.78, 5) is 14.3. The molecule has 0 aliphatic heterocycles. The van der Waals surface area contributed by atoms with Crippen LogP contribution in [0.1, 0.15) is 15.9 Å². The van der Waals surface area contributed by atoms with E-state index in [0.717, 1.165) is 30.6 Å². The molecule has 1 aromatic carbocycles. The van der Waals surface area contributed by atoms with Gasteiger partial charge in [0.05, 0.1) is 6.61 Å².